The van der Waals surface area contributed by atoms with Gasteiger partial charge in [0.15, 0.2) is 5.65 Å². The zero-order valence-electron chi connectivity index (χ0n) is 19.7. The van der Waals surface area contributed by atoms with Crippen LogP contribution in [0.1, 0.15) is 35.4 Å². The second kappa shape index (κ2) is 9.05. The molecule has 0 unspecified atom stereocenters. The van der Waals surface area contributed by atoms with Crippen molar-refractivity contribution in [1.29, 1.82) is 0 Å². The molecule has 0 amide bonds. The number of nitrogens with one attached hydrogen (secondary N) is 1. The predicted molar refractivity (Wildman–Crippen MR) is 138 cm³/mol. The number of benzene rings is 2. The first kappa shape index (κ1) is 21.6. The van der Waals surface area contributed by atoms with Crippen LogP contribution >= 0.6 is 11.6 Å². The van der Waals surface area contributed by atoms with Gasteiger partial charge in [-0.2, -0.15) is 9.61 Å². The van der Waals surface area contributed by atoms with Crippen molar-refractivity contribution in [2.24, 2.45) is 0 Å². The predicted octanol–water partition coefficient (Wildman–Crippen LogP) is 4.14. The molecule has 1 aliphatic carbocycles. The fourth-order valence-corrected chi connectivity index (χ4v) is 5.77. The molecule has 3 heterocycles. The molecule has 5 nitrogen and oxygen atoms in total. The third-order valence-electron chi connectivity index (χ3n) is 7.39. The molecule has 1 fully saturated rings. The normalized spacial score (nSPS) is 16.7. The average Bonchev–Trinajstić information content (AvgIpc) is 3.20. The number of hydrogen-bond donors (Lipinski definition) is 1. The smallest absolute Gasteiger partial charge is 0.165 e. The molecular weight excluding hydrogens is 442 g/mol. The van der Waals surface area contributed by atoms with Crippen LogP contribution in [0.3, 0.4) is 0 Å². The van der Waals surface area contributed by atoms with E-state index in [-0.39, 0.29) is 0 Å². The molecule has 34 heavy (non-hydrogen) atoms. The fraction of sp³-hybridized carbons (Fsp3) is 0.357. The third kappa shape index (κ3) is 3.97. The summed E-state index contributed by atoms with van der Waals surface area (Å²) in [5, 5.41) is 5.87. The molecule has 6 rings (SSSR count). The van der Waals surface area contributed by atoms with Gasteiger partial charge < -0.3 is 9.80 Å². The van der Waals surface area contributed by atoms with Crippen LogP contribution in [-0.4, -0.2) is 40.8 Å². The van der Waals surface area contributed by atoms with Crippen LogP contribution in [0.25, 0.3) is 16.8 Å². The lowest BCUT2D eigenvalue weighted by molar-refractivity contribution is -0.914. The van der Waals surface area contributed by atoms with Gasteiger partial charge in [0.25, 0.3) is 0 Å². The SMILES string of the molecule is Cc1nn2c(N3CC[NH+](Cc4ccc(Cl)cc4)CC3)c3c(nc2c1-c1ccccc1)CCCC3. The molecule has 0 spiro atoms. The van der Waals surface area contributed by atoms with E-state index in [1.807, 2.05) is 12.1 Å². The number of piperazine rings is 1. The van der Waals surface area contributed by atoms with Gasteiger partial charge in [-0.3, -0.25) is 0 Å². The van der Waals surface area contributed by atoms with Crippen LogP contribution in [0.2, 0.25) is 5.02 Å². The topological polar surface area (TPSA) is 37.9 Å². The summed E-state index contributed by atoms with van der Waals surface area (Å²) < 4.78 is 2.16. The zero-order valence-corrected chi connectivity index (χ0v) is 20.5. The second-order valence-electron chi connectivity index (χ2n) is 9.67. The molecule has 0 atom stereocenters. The number of rotatable bonds is 4. The molecule has 1 N–H and O–H groups in total. The van der Waals surface area contributed by atoms with Gasteiger partial charge in [0.05, 0.1) is 31.9 Å². The number of hydrogen-bond acceptors (Lipinski definition) is 3. The maximum absolute atomic E-state index is 6.07. The first-order valence-electron chi connectivity index (χ1n) is 12.5. The summed E-state index contributed by atoms with van der Waals surface area (Å²) in [6, 6.07) is 18.9. The van der Waals surface area contributed by atoms with Gasteiger partial charge in [0, 0.05) is 27.4 Å². The molecule has 2 aliphatic rings. The summed E-state index contributed by atoms with van der Waals surface area (Å²) in [7, 11) is 0. The zero-order chi connectivity index (χ0) is 23.1. The van der Waals surface area contributed by atoms with E-state index in [4.69, 9.17) is 21.7 Å². The maximum Gasteiger partial charge on any atom is 0.165 e. The number of nitrogens with zero attached hydrogens (tertiary/aromatic N) is 4. The summed E-state index contributed by atoms with van der Waals surface area (Å²) in [5.74, 6) is 1.29. The monoisotopic (exact) mass is 472 g/mol. The summed E-state index contributed by atoms with van der Waals surface area (Å²) in [5.41, 5.74) is 8.48. The van der Waals surface area contributed by atoms with Gasteiger partial charge in [-0.15, -0.1) is 0 Å². The van der Waals surface area contributed by atoms with Crippen molar-refractivity contribution in [1.82, 2.24) is 14.6 Å². The number of halogens is 1. The third-order valence-corrected chi connectivity index (χ3v) is 7.64. The minimum atomic E-state index is 0.805. The summed E-state index contributed by atoms with van der Waals surface area (Å²) >= 11 is 6.07. The van der Waals surface area contributed by atoms with Gasteiger partial charge >= 0.3 is 0 Å². The van der Waals surface area contributed by atoms with Crippen LogP contribution in [0.15, 0.2) is 54.6 Å². The highest BCUT2D eigenvalue weighted by Gasteiger charge is 2.29. The van der Waals surface area contributed by atoms with Crippen LogP contribution < -0.4 is 9.80 Å². The lowest BCUT2D eigenvalue weighted by Crippen LogP contribution is -3.13. The van der Waals surface area contributed by atoms with E-state index in [1.54, 1.807) is 4.90 Å². The molecule has 1 saturated heterocycles. The molecular formula is C28H31ClN5+. The number of aryl methyl sites for hydroxylation is 2. The van der Waals surface area contributed by atoms with Crippen molar-refractivity contribution in [3.63, 3.8) is 0 Å². The van der Waals surface area contributed by atoms with Gasteiger partial charge in [-0.1, -0.05) is 54.1 Å². The van der Waals surface area contributed by atoms with E-state index in [2.05, 4.69) is 58.8 Å². The second-order valence-corrected chi connectivity index (χ2v) is 10.1. The van der Waals surface area contributed by atoms with Crippen LogP contribution in [0.4, 0.5) is 5.82 Å². The highest BCUT2D eigenvalue weighted by atomic mass is 35.5. The Morgan fingerprint density at radius 1 is 0.941 bits per heavy atom. The molecule has 0 bridgehead atoms. The van der Waals surface area contributed by atoms with E-state index < -0.39 is 0 Å². The number of aromatic nitrogens is 3. The molecule has 0 saturated carbocycles. The number of anilines is 1. The standard InChI is InChI=1S/C28H30ClN5/c1-20-26(22-7-3-2-4-8-22)27-30-25-10-6-5-9-24(25)28(34(27)31-20)33-17-15-32(16-18-33)19-21-11-13-23(29)14-12-21/h2-4,7-8,11-14H,5-6,9-10,15-19H2,1H3/p+1. The van der Waals surface area contributed by atoms with Crippen LogP contribution in [-0.2, 0) is 19.4 Å². The summed E-state index contributed by atoms with van der Waals surface area (Å²) in [6.45, 7) is 7.48. The molecule has 174 valence electrons. The lowest BCUT2D eigenvalue weighted by atomic mass is 9.95. The Hall–Kier alpha value is -2.89. The average molecular weight is 473 g/mol. The Morgan fingerprint density at radius 3 is 2.44 bits per heavy atom. The van der Waals surface area contributed by atoms with Gasteiger partial charge in [-0.05, 0) is 50.3 Å². The molecule has 0 radical (unpaired) electrons. The Balaban J connectivity index is 1.35. The van der Waals surface area contributed by atoms with Crippen molar-refractivity contribution >= 4 is 23.1 Å². The molecule has 4 aromatic rings. The van der Waals surface area contributed by atoms with Gasteiger partial charge in [0.1, 0.15) is 12.4 Å². The van der Waals surface area contributed by atoms with Crippen molar-refractivity contribution in [3.05, 3.63) is 82.1 Å². The van der Waals surface area contributed by atoms with Crippen molar-refractivity contribution in [2.45, 2.75) is 39.2 Å². The van der Waals surface area contributed by atoms with E-state index in [0.717, 1.165) is 61.9 Å². The Bertz CT molecular complexity index is 1300. The van der Waals surface area contributed by atoms with Crippen LogP contribution in [0.5, 0.6) is 0 Å². The summed E-state index contributed by atoms with van der Waals surface area (Å²) in [6.07, 6.45) is 4.63. The van der Waals surface area contributed by atoms with E-state index in [0.29, 0.717) is 0 Å². The van der Waals surface area contributed by atoms with E-state index in [1.165, 1.54) is 46.6 Å². The highest BCUT2D eigenvalue weighted by Crippen LogP contribution is 2.35. The first-order chi connectivity index (χ1) is 16.7. The lowest BCUT2D eigenvalue weighted by Gasteiger charge is -2.35. The highest BCUT2D eigenvalue weighted by molar-refractivity contribution is 6.30. The first-order valence-corrected chi connectivity index (χ1v) is 12.8. The minimum Gasteiger partial charge on any atom is -0.345 e. The number of fused-ring (bicyclic) bond motifs is 2. The van der Waals surface area contributed by atoms with Crippen LogP contribution in [0, 0.1) is 6.92 Å². The number of quaternary nitrogens is 1. The minimum absolute atomic E-state index is 0.805. The van der Waals surface area contributed by atoms with Gasteiger partial charge in [-0.25, -0.2) is 4.98 Å². The largest absolute Gasteiger partial charge is 0.345 e. The Morgan fingerprint density at radius 2 is 1.68 bits per heavy atom. The molecule has 1 aliphatic heterocycles. The van der Waals surface area contributed by atoms with Crippen molar-refractivity contribution in [3.8, 4) is 11.1 Å². The maximum atomic E-state index is 6.07. The van der Waals surface area contributed by atoms with E-state index in [9.17, 15) is 0 Å². The quantitative estimate of drug-likeness (QED) is 0.485. The fourth-order valence-electron chi connectivity index (χ4n) is 5.65. The van der Waals surface area contributed by atoms with Gasteiger partial charge in [0.2, 0.25) is 0 Å². The Kier molecular flexibility index (Phi) is 5.75. The summed E-state index contributed by atoms with van der Waals surface area (Å²) in [4.78, 5) is 9.40. The molecule has 6 heteroatoms. The van der Waals surface area contributed by atoms with E-state index >= 15 is 0 Å². The van der Waals surface area contributed by atoms with Crippen molar-refractivity contribution < 1.29 is 4.90 Å². The molecule has 2 aromatic carbocycles. The Labute approximate surface area is 206 Å². The molecule has 2 aromatic heterocycles. The van der Waals surface area contributed by atoms with Crippen molar-refractivity contribution in [2.75, 3.05) is 31.1 Å².